The minimum Gasteiger partial charge on any atom is -0.494 e. The van der Waals surface area contributed by atoms with E-state index in [1.807, 2.05) is 36.4 Å². The van der Waals surface area contributed by atoms with Gasteiger partial charge in [-0.3, -0.25) is 0 Å². The molecule has 0 N–H and O–H groups in total. The zero-order valence-corrected chi connectivity index (χ0v) is 18.0. The highest BCUT2D eigenvalue weighted by molar-refractivity contribution is 5.71. The van der Waals surface area contributed by atoms with Crippen molar-refractivity contribution >= 4 is 0 Å². The van der Waals surface area contributed by atoms with E-state index in [2.05, 4.69) is 31.2 Å². The number of benzene rings is 3. The fraction of sp³-hybridized carbons (Fsp3) is 0.333. The van der Waals surface area contributed by atoms with Crippen LogP contribution in [0.2, 0.25) is 0 Å². The van der Waals surface area contributed by atoms with Gasteiger partial charge in [-0.15, -0.1) is 0 Å². The second-order valence-electron chi connectivity index (χ2n) is 7.52. The van der Waals surface area contributed by atoms with Crippen molar-refractivity contribution in [1.29, 1.82) is 0 Å². The molecule has 0 aliphatic rings. The van der Waals surface area contributed by atoms with Crippen LogP contribution < -0.4 is 4.74 Å². The summed E-state index contributed by atoms with van der Waals surface area (Å²) >= 11 is 0. The van der Waals surface area contributed by atoms with E-state index >= 15 is 0 Å². The maximum atomic E-state index is 14.8. The number of methoxy groups -OCH3 is 1. The number of rotatable bonds is 11. The summed E-state index contributed by atoms with van der Waals surface area (Å²) in [6.07, 6.45) is 5.43. The van der Waals surface area contributed by atoms with Crippen molar-refractivity contribution in [2.75, 3.05) is 20.3 Å². The molecule has 158 valence electrons. The number of halogens is 1. The standard InChI is InChI=1S/C27H31FO2/c1-3-21-8-10-22(11-9-21)24-14-17-26(27(28)20-24)23-12-15-25(16-13-23)30-19-7-5-4-6-18-29-2/h8-17,20H,3-7,18-19H2,1-2H3. The summed E-state index contributed by atoms with van der Waals surface area (Å²) in [6, 6.07) is 21.4. The van der Waals surface area contributed by atoms with Crippen molar-refractivity contribution in [3.8, 4) is 28.0 Å². The number of hydrogen-bond acceptors (Lipinski definition) is 2. The van der Waals surface area contributed by atoms with Crippen LogP contribution in [-0.2, 0) is 11.2 Å². The topological polar surface area (TPSA) is 18.5 Å². The lowest BCUT2D eigenvalue weighted by Crippen LogP contribution is -1.98. The third-order valence-electron chi connectivity index (χ3n) is 5.34. The van der Waals surface area contributed by atoms with E-state index in [-0.39, 0.29) is 5.82 Å². The maximum Gasteiger partial charge on any atom is 0.131 e. The first-order valence-corrected chi connectivity index (χ1v) is 10.8. The van der Waals surface area contributed by atoms with Crippen molar-refractivity contribution in [1.82, 2.24) is 0 Å². The molecule has 0 bridgehead atoms. The summed E-state index contributed by atoms with van der Waals surface area (Å²) in [4.78, 5) is 0. The van der Waals surface area contributed by atoms with Crippen LogP contribution in [0.3, 0.4) is 0 Å². The van der Waals surface area contributed by atoms with Crippen molar-refractivity contribution in [2.45, 2.75) is 39.0 Å². The Bertz CT molecular complexity index is 901. The molecule has 0 spiro atoms. The third kappa shape index (κ3) is 6.17. The number of ether oxygens (including phenoxy) is 2. The molecule has 3 aromatic rings. The molecule has 3 heteroatoms. The van der Waals surface area contributed by atoms with Crippen molar-refractivity contribution in [2.24, 2.45) is 0 Å². The highest BCUT2D eigenvalue weighted by Crippen LogP contribution is 2.29. The van der Waals surface area contributed by atoms with Gasteiger partial charge in [-0.1, -0.05) is 61.9 Å². The average Bonchev–Trinajstić information content (AvgIpc) is 2.79. The fourth-order valence-electron chi connectivity index (χ4n) is 3.48. The number of hydrogen-bond donors (Lipinski definition) is 0. The molecule has 0 aliphatic heterocycles. The molecule has 0 saturated carbocycles. The van der Waals surface area contributed by atoms with Gasteiger partial charge in [-0.25, -0.2) is 4.39 Å². The highest BCUT2D eigenvalue weighted by Gasteiger charge is 2.08. The molecule has 0 atom stereocenters. The number of unbranched alkanes of at least 4 members (excludes halogenated alkanes) is 3. The van der Waals surface area contributed by atoms with Gasteiger partial charge in [0.2, 0.25) is 0 Å². The van der Waals surface area contributed by atoms with Crippen LogP contribution in [0.5, 0.6) is 5.75 Å². The van der Waals surface area contributed by atoms with Gasteiger partial charge in [0.1, 0.15) is 11.6 Å². The largest absolute Gasteiger partial charge is 0.494 e. The lowest BCUT2D eigenvalue weighted by Gasteiger charge is -2.10. The molecule has 0 unspecified atom stereocenters. The maximum absolute atomic E-state index is 14.8. The molecule has 3 rings (SSSR count). The molecular weight excluding hydrogens is 375 g/mol. The van der Waals surface area contributed by atoms with Crippen LogP contribution in [0.1, 0.15) is 38.2 Å². The molecule has 30 heavy (non-hydrogen) atoms. The zero-order valence-electron chi connectivity index (χ0n) is 18.0. The van der Waals surface area contributed by atoms with Crippen LogP contribution in [0.25, 0.3) is 22.3 Å². The van der Waals surface area contributed by atoms with E-state index in [4.69, 9.17) is 9.47 Å². The van der Waals surface area contributed by atoms with Gasteiger partial charge < -0.3 is 9.47 Å². The number of aryl methyl sites for hydroxylation is 1. The summed E-state index contributed by atoms with van der Waals surface area (Å²) in [5, 5.41) is 0. The van der Waals surface area contributed by atoms with Crippen LogP contribution >= 0.6 is 0 Å². The van der Waals surface area contributed by atoms with E-state index in [1.54, 1.807) is 13.2 Å². The summed E-state index contributed by atoms with van der Waals surface area (Å²) < 4.78 is 25.7. The predicted molar refractivity (Wildman–Crippen MR) is 122 cm³/mol. The molecule has 0 radical (unpaired) electrons. The zero-order chi connectivity index (χ0) is 21.2. The Labute approximate surface area is 179 Å². The van der Waals surface area contributed by atoms with Crippen LogP contribution in [0.15, 0.2) is 66.7 Å². The quantitative estimate of drug-likeness (QED) is 0.311. The minimum atomic E-state index is -0.211. The Morgan fingerprint density at radius 3 is 1.97 bits per heavy atom. The summed E-state index contributed by atoms with van der Waals surface area (Å²) in [6.45, 7) is 3.65. The Kier molecular flexibility index (Phi) is 8.46. The van der Waals surface area contributed by atoms with Gasteiger partial charge in [0.05, 0.1) is 6.61 Å². The summed E-state index contributed by atoms with van der Waals surface area (Å²) in [5.41, 5.74) is 4.66. The Balaban J connectivity index is 1.58. The van der Waals surface area contributed by atoms with Crippen molar-refractivity contribution < 1.29 is 13.9 Å². The summed E-state index contributed by atoms with van der Waals surface area (Å²) in [7, 11) is 1.73. The molecule has 0 aliphatic carbocycles. The van der Waals surface area contributed by atoms with Gasteiger partial charge in [0.25, 0.3) is 0 Å². The van der Waals surface area contributed by atoms with Gasteiger partial charge in [0.15, 0.2) is 0 Å². The molecule has 0 aromatic heterocycles. The first-order valence-electron chi connectivity index (χ1n) is 10.8. The molecule has 0 fully saturated rings. The third-order valence-corrected chi connectivity index (χ3v) is 5.34. The van der Waals surface area contributed by atoms with Gasteiger partial charge in [0, 0.05) is 19.3 Å². The summed E-state index contributed by atoms with van der Waals surface area (Å²) in [5.74, 6) is 0.612. The minimum absolute atomic E-state index is 0.211. The van der Waals surface area contributed by atoms with Crippen molar-refractivity contribution in [3.63, 3.8) is 0 Å². The van der Waals surface area contributed by atoms with E-state index in [0.717, 1.165) is 61.2 Å². The normalized spacial score (nSPS) is 10.9. The monoisotopic (exact) mass is 406 g/mol. The van der Waals surface area contributed by atoms with Crippen LogP contribution in [-0.4, -0.2) is 20.3 Å². The SMILES string of the molecule is CCc1ccc(-c2ccc(-c3ccc(OCCCCCCOC)cc3)c(F)c2)cc1. The van der Waals surface area contributed by atoms with Crippen LogP contribution in [0, 0.1) is 5.82 Å². The molecule has 0 saturated heterocycles. The molecule has 0 heterocycles. The molecular formula is C27H31FO2. The Morgan fingerprint density at radius 1 is 0.700 bits per heavy atom. The van der Waals surface area contributed by atoms with E-state index < -0.39 is 0 Å². The van der Waals surface area contributed by atoms with E-state index in [0.29, 0.717) is 12.2 Å². The Morgan fingerprint density at radius 2 is 1.33 bits per heavy atom. The highest BCUT2D eigenvalue weighted by atomic mass is 19.1. The van der Waals surface area contributed by atoms with Gasteiger partial charge >= 0.3 is 0 Å². The smallest absolute Gasteiger partial charge is 0.131 e. The first-order chi connectivity index (χ1) is 14.7. The Hall–Kier alpha value is -2.65. The van der Waals surface area contributed by atoms with Gasteiger partial charge in [-0.2, -0.15) is 0 Å². The second-order valence-corrected chi connectivity index (χ2v) is 7.52. The van der Waals surface area contributed by atoms with E-state index in [1.165, 1.54) is 5.56 Å². The molecule has 3 aromatic carbocycles. The molecule has 2 nitrogen and oxygen atoms in total. The predicted octanol–water partition coefficient (Wildman–Crippen LogP) is 7.31. The van der Waals surface area contributed by atoms with Crippen molar-refractivity contribution in [3.05, 3.63) is 78.1 Å². The van der Waals surface area contributed by atoms with Gasteiger partial charge in [-0.05, 0) is 66.1 Å². The second kappa shape index (κ2) is 11.5. The lowest BCUT2D eigenvalue weighted by molar-refractivity contribution is 0.191. The lowest BCUT2D eigenvalue weighted by atomic mass is 9.98. The fourth-order valence-corrected chi connectivity index (χ4v) is 3.48. The first kappa shape index (κ1) is 22.0. The average molecular weight is 407 g/mol. The van der Waals surface area contributed by atoms with Crippen LogP contribution in [0.4, 0.5) is 4.39 Å². The molecule has 0 amide bonds. The van der Waals surface area contributed by atoms with E-state index in [9.17, 15) is 4.39 Å².